The Balaban J connectivity index is 3.54. The summed E-state index contributed by atoms with van der Waals surface area (Å²) in [7, 11) is -1.76. The fourth-order valence-electron chi connectivity index (χ4n) is 1.90. The number of hydrogen-bond donors (Lipinski definition) is 1. The first-order valence-electron chi connectivity index (χ1n) is 8.65. The van der Waals surface area contributed by atoms with Gasteiger partial charge in [-0.25, -0.2) is 0 Å². The Labute approximate surface area is 147 Å². The summed E-state index contributed by atoms with van der Waals surface area (Å²) in [5, 5.41) is 0. The van der Waals surface area contributed by atoms with E-state index in [1.807, 2.05) is 13.8 Å². The highest BCUT2D eigenvalue weighted by molar-refractivity contribution is 8.00. The lowest BCUT2D eigenvalue weighted by Gasteiger charge is -2.19. The molecule has 2 atom stereocenters. The third-order valence-electron chi connectivity index (χ3n) is 3.18. The molecule has 0 fully saturated rings. The van der Waals surface area contributed by atoms with Crippen molar-refractivity contribution in [2.75, 3.05) is 11.5 Å². The van der Waals surface area contributed by atoms with Gasteiger partial charge in [-0.1, -0.05) is 52.4 Å². The van der Waals surface area contributed by atoms with E-state index >= 15 is 0 Å². The molecule has 0 radical (unpaired) electrons. The maximum atomic E-state index is 9.87. The van der Waals surface area contributed by atoms with E-state index in [2.05, 4.69) is 13.8 Å². The van der Waals surface area contributed by atoms with Crippen molar-refractivity contribution in [3.8, 4) is 0 Å². The molecule has 0 aromatic heterocycles. The van der Waals surface area contributed by atoms with Crippen LogP contribution in [0.15, 0.2) is 0 Å². The average molecular weight is 371 g/mol. The largest absolute Gasteiger partial charge is 0.332 e. The molecule has 134 valence electrons. The summed E-state index contributed by atoms with van der Waals surface area (Å²) in [6.07, 6.45) is 10.2. The van der Waals surface area contributed by atoms with Crippen LogP contribution in [0.4, 0.5) is 0 Å². The van der Waals surface area contributed by atoms with E-state index < -0.39 is 8.60 Å². The van der Waals surface area contributed by atoms with Gasteiger partial charge in [-0.2, -0.15) is 0 Å². The van der Waals surface area contributed by atoms with Gasteiger partial charge in [0.05, 0.1) is 0 Å². The SMILES string of the molecule is CCCCCCSC(C)OP(O)OC(C)SCCCCCC. The molecular weight excluding hydrogens is 335 g/mol. The second-order valence-corrected chi connectivity index (χ2v) is 9.15. The molecule has 6 heteroatoms. The van der Waals surface area contributed by atoms with Crippen molar-refractivity contribution in [1.29, 1.82) is 0 Å². The molecule has 0 heterocycles. The molecule has 0 aliphatic rings. The van der Waals surface area contributed by atoms with Gasteiger partial charge in [0.15, 0.2) is 0 Å². The lowest BCUT2D eigenvalue weighted by Crippen LogP contribution is -2.06. The van der Waals surface area contributed by atoms with Gasteiger partial charge in [-0.05, 0) is 38.2 Å². The number of thioether (sulfide) groups is 2. The van der Waals surface area contributed by atoms with Crippen molar-refractivity contribution in [1.82, 2.24) is 0 Å². The van der Waals surface area contributed by atoms with Crippen LogP contribution in [0.25, 0.3) is 0 Å². The second kappa shape index (κ2) is 16.9. The van der Waals surface area contributed by atoms with Gasteiger partial charge in [-0.15, -0.1) is 23.5 Å². The molecule has 3 nitrogen and oxygen atoms in total. The van der Waals surface area contributed by atoms with Crippen LogP contribution in [0, 0.1) is 0 Å². The van der Waals surface area contributed by atoms with Crippen molar-refractivity contribution in [3.63, 3.8) is 0 Å². The summed E-state index contributed by atoms with van der Waals surface area (Å²) >= 11 is 3.51. The van der Waals surface area contributed by atoms with Crippen LogP contribution in [0.1, 0.15) is 79.1 Å². The molecule has 0 bridgehead atoms. The Bertz CT molecular complexity index is 213. The van der Waals surface area contributed by atoms with Crippen LogP contribution >= 0.6 is 32.1 Å². The van der Waals surface area contributed by atoms with Crippen LogP contribution in [0.2, 0.25) is 0 Å². The van der Waals surface area contributed by atoms with Crippen LogP contribution < -0.4 is 0 Å². The molecule has 2 unspecified atom stereocenters. The monoisotopic (exact) mass is 370 g/mol. The highest BCUT2D eigenvalue weighted by atomic mass is 32.2. The van der Waals surface area contributed by atoms with Crippen LogP contribution in [-0.2, 0) is 9.05 Å². The van der Waals surface area contributed by atoms with Crippen molar-refractivity contribution in [3.05, 3.63) is 0 Å². The quantitative estimate of drug-likeness (QED) is 0.189. The van der Waals surface area contributed by atoms with Crippen molar-refractivity contribution < 1.29 is 13.9 Å². The van der Waals surface area contributed by atoms with Crippen LogP contribution in [0.3, 0.4) is 0 Å². The zero-order chi connectivity index (χ0) is 16.6. The van der Waals surface area contributed by atoms with E-state index in [4.69, 9.17) is 9.05 Å². The summed E-state index contributed by atoms with van der Waals surface area (Å²) in [5.41, 5.74) is -0.000941. The van der Waals surface area contributed by atoms with Gasteiger partial charge in [0, 0.05) is 0 Å². The zero-order valence-electron chi connectivity index (χ0n) is 14.8. The Morgan fingerprint density at radius 2 is 1.18 bits per heavy atom. The lowest BCUT2D eigenvalue weighted by molar-refractivity contribution is 0.190. The van der Waals surface area contributed by atoms with E-state index in [1.165, 1.54) is 51.4 Å². The van der Waals surface area contributed by atoms with E-state index in [9.17, 15) is 4.89 Å². The normalized spacial score (nSPS) is 15.7. The topological polar surface area (TPSA) is 38.7 Å². The highest BCUT2D eigenvalue weighted by Gasteiger charge is 2.16. The van der Waals surface area contributed by atoms with E-state index in [0.717, 1.165) is 11.5 Å². The summed E-state index contributed by atoms with van der Waals surface area (Å²) in [6.45, 7) is 8.42. The Hall–Kier alpha value is 1.01. The smallest absolute Gasteiger partial charge is 0.328 e. The number of unbranched alkanes of at least 4 members (excludes halogenated alkanes) is 6. The number of rotatable bonds is 16. The van der Waals surface area contributed by atoms with Gasteiger partial charge in [0.1, 0.15) is 10.9 Å². The maximum Gasteiger partial charge on any atom is 0.332 e. The minimum absolute atomic E-state index is 0.000471. The molecule has 0 aliphatic carbocycles. The van der Waals surface area contributed by atoms with E-state index in [1.54, 1.807) is 23.5 Å². The van der Waals surface area contributed by atoms with Gasteiger partial charge in [0.25, 0.3) is 0 Å². The standard InChI is InChI=1S/C16H35O3PS2/c1-5-7-9-11-13-21-15(3)18-20(17)19-16(4)22-14-12-10-8-6-2/h15-17H,5-14H2,1-4H3. The molecule has 0 rings (SSSR count). The molecular formula is C16H35O3PS2. The third-order valence-corrected chi connectivity index (χ3v) is 6.64. The number of hydrogen-bond acceptors (Lipinski definition) is 5. The molecule has 22 heavy (non-hydrogen) atoms. The first-order valence-corrected chi connectivity index (χ1v) is 11.9. The summed E-state index contributed by atoms with van der Waals surface area (Å²) in [5.74, 6) is 2.18. The zero-order valence-corrected chi connectivity index (χ0v) is 17.3. The van der Waals surface area contributed by atoms with E-state index in [-0.39, 0.29) is 10.9 Å². The van der Waals surface area contributed by atoms with Gasteiger partial charge in [0.2, 0.25) is 0 Å². The molecule has 1 N–H and O–H groups in total. The van der Waals surface area contributed by atoms with Crippen LogP contribution in [-0.4, -0.2) is 27.3 Å². The molecule has 0 saturated carbocycles. The minimum atomic E-state index is -1.76. The van der Waals surface area contributed by atoms with E-state index in [0.29, 0.717) is 0 Å². The van der Waals surface area contributed by atoms with Gasteiger partial charge >= 0.3 is 8.60 Å². The van der Waals surface area contributed by atoms with Crippen LogP contribution in [0.5, 0.6) is 0 Å². The minimum Gasteiger partial charge on any atom is -0.328 e. The maximum absolute atomic E-state index is 9.87. The molecule has 0 aromatic rings. The fraction of sp³-hybridized carbons (Fsp3) is 1.00. The molecule has 0 saturated heterocycles. The molecule has 0 spiro atoms. The Morgan fingerprint density at radius 1 is 0.773 bits per heavy atom. The van der Waals surface area contributed by atoms with Gasteiger partial charge in [-0.3, -0.25) is 9.05 Å². The first-order chi connectivity index (χ1) is 10.6. The predicted octanol–water partition coefficient (Wildman–Crippen LogP) is 6.56. The summed E-state index contributed by atoms with van der Waals surface area (Å²) in [6, 6.07) is 0. The van der Waals surface area contributed by atoms with Crippen molar-refractivity contribution in [2.24, 2.45) is 0 Å². The summed E-state index contributed by atoms with van der Waals surface area (Å²) < 4.78 is 11.0. The second-order valence-electron chi connectivity index (χ2n) is 5.45. The lowest BCUT2D eigenvalue weighted by atomic mass is 10.2. The first kappa shape index (κ1) is 23.0. The predicted molar refractivity (Wildman–Crippen MR) is 103 cm³/mol. The van der Waals surface area contributed by atoms with Crippen molar-refractivity contribution >= 4 is 32.1 Å². The molecule has 0 aliphatic heterocycles. The summed E-state index contributed by atoms with van der Waals surface area (Å²) in [4.78, 5) is 9.87. The average Bonchev–Trinajstić information content (AvgIpc) is 2.46. The Morgan fingerprint density at radius 3 is 1.55 bits per heavy atom. The Kier molecular flexibility index (Phi) is 17.6. The third kappa shape index (κ3) is 15.9. The van der Waals surface area contributed by atoms with Gasteiger partial charge < -0.3 is 4.89 Å². The molecule has 0 amide bonds. The molecule has 0 aromatic carbocycles. The fourth-order valence-corrected chi connectivity index (χ4v) is 4.79. The van der Waals surface area contributed by atoms with Crippen molar-refractivity contribution in [2.45, 2.75) is 89.9 Å². The highest BCUT2D eigenvalue weighted by Crippen LogP contribution is 2.40.